The summed E-state index contributed by atoms with van der Waals surface area (Å²) in [6.45, 7) is 11.8. The number of rotatable bonds is 8. The summed E-state index contributed by atoms with van der Waals surface area (Å²) in [7, 11) is 1.51. The summed E-state index contributed by atoms with van der Waals surface area (Å²) < 4.78 is 29.1. The van der Waals surface area contributed by atoms with Crippen molar-refractivity contribution in [1.29, 1.82) is 0 Å². The molecule has 58 heavy (non-hydrogen) atoms. The number of carbonyl (C=O) groups excluding carboxylic acids is 1. The van der Waals surface area contributed by atoms with Crippen molar-refractivity contribution >= 4 is 5.97 Å². The first-order valence-corrected chi connectivity index (χ1v) is 21.4. The fourth-order valence-electron chi connectivity index (χ4n) is 14.0. The van der Waals surface area contributed by atoms with Crippen molar-refractivity contribution in [3.8, 4) is 0 Å². The number of allylic oxidation sites excluding steroid dienone is 2. The van der Waals surface area contributed by atoms with Gasteiger partial charge in [0, 0.05) is 5.41 Å². The van der Waals surface area contributed by atoms with Gasteiger partial charge < -0.3 is 69.6 Å². The number of aliphatic hydroxyl groups is 9. The summed E-state index contributed by atoms with van der Waals surface area (Å²) >= 11 is 0. The Morgan fingerprint density at radius 2 is 1.36 bits per heavy atom. The van der Waals surface area contributed by atoms with E-state index in [2.05, 4.69) is 40.7 Å². The highest BCUT2D eigenvalue weighted by molar-refractivity contribution is 5.78. The van der Waals surface area contributed by atoms with Crippen molar-refractivity contribution in [1.82, 2.24) is 0 Å². The smallest absolute Gasteiger partial charge is 0.312 e. The number of hydrogen-bond donors (Lipinski definition) is 9. The quantitative estimate of drug-likeness (QED) is 0.0939. The third-order valence-corrected chi connectivity index (χ3v) is 17.5. The fourth-order valence-corrected chi connectivity index (χ4v) is 14.0. The molecule has 0 spiro atoms. The minimum Gasteiger partial charge on any atom is -0.469 e. The van der Waals surface area contributed by atoms with Crippen LogP contribution in [0.4, 0.5) is 0 Å². The number of hydrogen-bond acceptors (Lipinski definition) is 15. The van der Waals surface area contributed by atoms with E-state index in [4.69, 9.17) is 23.7 Å². The SMILES string of the molecule is COC(=O)[C@]12CCC(C)(C)C[C@@H]1C1=CC[C@@H]3[C@@]4(C)C[C@H](O)[C@H](O[C@@H]5O[C@H](CO)[C@@H](O[C@@H]6O[C@H](CO)[C@H](O)[C@H](O)[C@H]6O)[C@H](O)[C@H]5O)[C@@](C)(CO)[C@@H]4CC[C@@]3(C)[C@]1(C)CC2. The van der Waals surface area contributed by atoms with Crippen LogP contribution in [-0.2, 0) is 28.5 Å². The van der Waals surface area contributed by atoms with Crippen molar-refractivity contribution in [2.45, 2.75) is 173 Å². The predicted molar refractivity (Wildman–Crippen MR) is 205 cm³/mol. The van der Waals surface area contributed by atoms with Crippen molar-refractivity contribution < 1.29 is 74.4 Å². The molecule has 2 saturated heterocycles. The molecule has 15 nitrogen and oxygen atoms in total. The van der Waals surface area contributed by atoms with Gasteiger partial charge in [-0.15, -0.1) is 0 Å². The van der Waals surface area contributed by atoms with Gasteiger partial charge in [-0.25, -0.2) is 0 Å². The normalized spacial score (nSPS) is 53.9. The molecule has 2 heterocycles. The van der Waals surface area contributed by atoms with E-state index >= 15 is 0 Å². The molecule has 0 aromatic carbocycles. The first-order valence-electron chi connectivity index (χ1n) is 21.4. The molecule has 0 bridgehead atoms. The molecule has 0 unspecified atom stereocenters. The molecule has 15 heteroatoms. The number of aliphatic hydroxyl groups excluding tert-OH is 9. The summed E-state index contributed by atoms with van der Waals surface area (Å²) in [5.41, 5.74) is -0.887. The van der Waals surface area contributed by atoms with Gasteiger partial charge in [0.05, 0.1) is 44.6 Å². The lowest BCUT2D eigenvalue weighted by Crippen LogP contribution is -2.70. The average Bonchev–Trinajstić information content (AvgIpc) is 3.18. The molecule has 0 aromatic heterocycles. The van der Waals surface area contributed by atoms with Gasteiger partial charge >= 0.3 is 5.97 Å². The van der Waals surface area contributed by atoms with Gasteiger partial charge in [0.1, 0.15) is 48.8 Å². The van der Waals surface area contributed by atoms with E-state index in [0.717, 1.165) is 51.4 Å². The summed E-state index contributed by atoms with van der Waals surface area (Å²) in [4.78, 5) is 13.6. The van der Waals surface area contributed by atoms with Crippen molar-refractivity contribution in [3.63, 3.8) is 0 Å². The van der Waals surface area contributed by atoms with Gasteiger partial charge in [-0.1, -0.05) is 53.2 Å². The van der Waals surface area contributed by atoms with Gasteiger partial charge in [0.15, 0.2) is 12.6 Å². The molecule has 7 aliphatic rings. The summed E-state index contributed by atoms with van der Waals surface area (Å²) in [6, 6.07) is 0. The highest BCUT2D eigenvalue weighted by Crippen LogP contribution is 2.76. The molecular weight excluding hydrogens is 756 g/mol. The van der Waals surface area contributed by atoms with Gasteiger partial charge in [0.2, 0.25) is 0 Å². The van der Waals surface area contributed by atoms with Crippen LogP contribution in [0.2, 0.25) is 0 Å². The monoisotopic (exact) mass is 826 g/mol. The number of fused-ring (bicyclic) bond motifs is 7. The predicted octanol–water partition coefficient (Wildman–Crippen LogP) is 0.914. The molecule has 0 aromatic rings. The molecule has 4 saturated carbocycles. The first kappa shape index (κ1) is 44.7. The maximum Gasteiger partial charge on any atom is 0.312 e. The van der Waals surface area contributed by atoms with Crippen LogP contribution in [0.25, 0.3) is 0 Å². The minimum atomic E-state index is -1.80. The van der Waals surface area contributed by atoms with E-state index in [1.54, 1.807) is 0 Å². The number of methoxy groups -OCH3 is 1. The van der Waals surface area contributed by atoms with Crippen LogP contribution in [0.1, 0.15) is 99.3 Å². The zero-order valence-electron chi connectivity index (χ0n) is 35.2. The van der Waals surface area contributed by atoms with Crippen LogP contribution >= 0.6 is 0 Å². The van der Waals surface area contributed by atoms with Gasteiger partial charge in [-0.3, -0.25) is 4.79 Å². The summed E-state index contributed by atoms with van der Waals surface area (Å²) in [5, 5.41) is 97.1. The molecule has 7 rings (SSSR count). The van der Waals surface area contributed by atoms with Crippen molar-refractivity contribution in [2.75, 3.05) is 26.9 Å². The molecule has 9 N–H and O–H groups in total. The van der Waals surface area contributed by atoms with Crippen LogP contribution in [-0.4, -0.2) is 152 Å². The number of esters is 1. The molecule has 0 radical (unpaired) electrons. The lowest BCUT2D eigenvalue weighted by Gasteiger charge is -2.71. The van der Waals surface area contributed by atoms with Crippen LogP contribution in [0.3, 0.4) is 0 Å². The molecule has 332 valence electrons. The van der Waals surface area contributed by atoms with Crippen LogP contribution in [0, 0.1) is 50.2 Å². The lowest BCUT2D eigenvalue weighted by atomic mass is 9.33. The Hall–Kier alpha value is -1.31. The van der Waals surface area contributed by atoms with Gasteiger partial charge in [0.25, 0.3) is 0 Å². The van der Waals surface area contributed by atoms with E-state index in [9.17, 15) is 50.8 Å². The highest BCUT2D eigenvalue weighted by atomic mass is 16.7. The summed E-state index contributed by atoms with van der Waals surface area (Å²) in [6.07, 6.45) is -8.85. The van der Waals surface area contributed by atoms with E-state index in [0.29, 0.717) is 6.42 Å². The van der Waals surface area contributed by atoms with E-state index in [-0.39, 0.29) is 46.6 Å². The zero-order chi connectivity index (χ0) is 42.5. The average molecular weight is 827 g/mol. The first-order chi connectivity index (χ1) is 27.1. The maximum atomic E-state index is 13.6. The third-order valence-electron chi connectivity index (χ3n) is 17.5. The third kappa shape index (κ3) is 6.50. The Bertz CT molecular complexity index is 1550. The standard InChI is InChI=1S/C43H70O15/c1-38(2)12-14-43(37(53)54-7)15-13-41(5)21(22(43)16-38)8-9-27-39(3)17-23(47)34(40(4,20-46)26(39)10-11-42(27,41)6)58-36-32(52)30(50)33(25(19-45)56-36)57-35-31(51)29(49)28(48)24(18-44)55-35/h8,22-36,44-52H,9-20H2,1-7H3/t22-,23+,24-,25-,26-,27-,28+,29+,30-,31-,32-,33-,34+,35+,36+,39+,40+,41-,42-,43+/m1/s1. The number of ether oxygens (including phenoxy) is 5. The second kappa shape index (κ2) is 15.5. The fraction of sp³-hybridized carbons (Fsp3) is 0.930. The van der Waals surface area contributed by atoms with E-state index < -0.39 is 103 Å². The van der Waals surface area contributed by atoms with Gasteiger partial charge in [-0.2, -0.15) is 0 Å². The van der Waals surface area contributed by atoms with Crippen LogP contribution < -0.4 is 0 Å². The molecule has 5 aliphatic carbocycles. The molecule has 20 atom stereocenters. The Labute approximate surface area is 341 Å². The van der Waals surface area contributed by atoms with Crippen molar-refractivity contribution in [3.05, 3.63) is 11.6 Å². The van der Waals surface area contributed by atoms with E-state index in [1.165, 1.54) is 12.7 Å². The Kier molecular flexibility index (Phi) is 11.9. The molecule has 6 fully saturated rings. The maximum absolute atomic E-state index is 13.6. The summed E-state index contributed by atoms with van der Waals surface area (Å²) in [5.74, 6) is 0.00259. The molecular formula is C43H70O15. The zero-order valence-corrected chi connectivity index (χ0v) is 35.2. The molecule has 2 aliphatic heterocycles. The van der Waals surface area contributed by atoms with Crippen LogP contribution in [0.15, 0.2) is 11.6 Å². The minimum absolute atomic E-state index is 0.0883. The van der Waals surface area contributed by atoms with Crippen molar-refractivity contribution in [2.24, 2.45) is 50.2 Å². The second-order valence-electron chi connectivity index (χ2n) is 20.9. The lowest BCUT2D eigenvalue weighted by molar-refractivity contribution is -0.374. The van der Waals surface area contributed by atoms with Gasteiger partial charge in [-0.05, 0) is 97.2 Å². The Morgan fingerprint density at radius 3 is 2.00 bits per heavy atom. The largest absolute Gasteiger partial charge is 0.469 e. The number of carbonyl (C=O) groups is 1. The highest BCUT2D eigenvalue weighted by Gasteiger charge is 2.71. The van der Waals surface area contributed by atoms with Crippen LogP contribution in [0.5, 0.6) is 0 Å². The Morgan fingerprint density at radius 1 is 0.741 bits per heavy atom. The van der Waals surface area contributed by atoms with E-state index in [1.807, 2.05) is 6.92 Å². The second-order valence-corrected chi connectivity index (χ2v) is 20.9. The topological polar surface area (TPSA) is 245 Å². The Balaban J connectivity index is 1.13. The molecule has 0 amide bonds.